The Morgan fingerprint density at radius 1 is 1.03 bits per heavy atom. The summed E-state index contributed by atoms with van der Waals surface area (Å²) in [6.07, 6.45) is 20.8. The lowest BCUT2D eigenvalue weighted by atomic mass is 9.75. The molecule has 0 N–H and O–H groups in total. The maximum Gasteiger partial charge on any atom is 0.0229 e. The van der Waals surface area contributed by atoms with Gasteiger partial charge in [-0.1, -0.05) is 100 Å². The van der Waals surface area contributed by atoms with E-state index in [9.17, 15) is 0 Å². The molecule has 0 saturated heterocycles. The molecule has 0 aromatic heterocycles. The van der Waals surface area contributed by atoms with Crippen LogP contribution in [0.5, 0.6) is 0 Å². The fourth-order valence-corrected chi connectivity index (χ4v) is 6.35. The van der Waals surface area contributed by atoms with Crippen LogP contribution in [-0.4, -0.2) is 0 Å². The number of allylic oxidation sites excluding steroid dienone is 15. The van der Waals surface area contributed by atoms with Gasteiger partial charge >= 0.3 is 0 Å². The van der Waals surface area contributed by atoms with Gasteiger partial charge in [0.2, 0.25) is 0 Å². The van der Waals surface area contributed by atoms with Crippen molar-refractivity contribution in [3.63, 3.8) is 0 Å². The average Bonchev–Trinajstić information content (AvgIpc) is 3.17. The lowest BCUT2D eigenvalue weighted by Gasteiger charge is -2.28. The van der Waals surface area contributed by atoms with E-state index in [1.165, 1.54) is 37.7 Å². The van der Waals surface area contributed by atoms with Crippen molar-refractivity contribution in [2.45, 2.75) is 54.9 Å². The molecule has 0 aromatic carbocycles. The molecule has 2 unspecified atom stereocenters. The average molecular weight is 419 g/mol. The van der Waals surface area contributed by atoms with Crippen molar-refractivity contribution in [3.8, 4) is 0 Å². The van der Waals surface area contributed by atoms with E-state index in [4.69, 9.17) is 0 Å². The van der Waals surface area contributed by atoms with Gasteiger partial charge in [-0.15, -0.1) is 0 Å². The lowest BCUT2D eigenvalue weighted by Crippen LogP contribution is -2.19. The van der Waals surface area contributed by atoms with Gasteiger partial charge in [0.1, 0.15) is 0 Å². The smallest absolute Gasteiger partial charge is 0.0229 e. The van der Waals surface area contributed by atoms with Crippen LogP contribution in [0.1, 0.15) is 54.9 Å². The van der Waals surface area contributed by atoms with E-state index in [2.05, 4.69) is 110 Å². The molecule has 0 bridgehead atoms. The first-order chi connectivity index (χ1) is 14.4. The molecule has 2 atom stereocenters. The SMILES string of the molecule is C=C/C=C1\C(=C/C)C(C(CC)C2C(C=C)=C(/C=C\C)S/C2=C/C)=C(/C=C\C)C1(C)C. The van der Waals surface area contributed by atoms with E-state index >= 15 is 0 Å². The molecule has 0 nitrogen and oxygen atoms in total. The molecule has 1 aliphatic heterocycles. The van der Waals surface area contributed by atoms with Crippen LogP contribution in [0.3, 0.4) is 0 Å². The molecule has 2 rings (SSSR count). The molecular weight excluding hydrogens is 380 g/mol. The lowest BCUT2D eigenvalue weighted by molar-refractivity contribution is 0.494. The van der Waals surface area contributed by atoms with Crippen molar-refractivity contribution in [2.24, 2.45) is 17.3 Å². The van der Waals surface area contributed by atoms with E-state index in [1.54, 1.807) is 0 Å². The van der Waals surface area contributed by atoms with Crippen LogP contribution >= 0.6 is 11.8 Å². The summed E-state index contributed by atoms with van der Waals surface area (Å²) < 4.78 is 0. The first kappa shape index (κ1) is 24.3. The number of hydrogen-bond acceptors (Lipinski definition) is 1. The summed E-state index contributed by atoms with van der Waals surface area (Å²) in [7, 11) is 0. The third kappa shape index (κ3) is 4.10. The highest BCUT2D eigenvalue weighted by molar-refractivity contribution is 8.07. The predicted molar refractivity (Wildman–Crippen MR) is 138 cm³/mol. The Hall–Kier alpha value is -1.99. The van der Waals surface area contributed by atoms with E-state index in [1.807, 2.05) is 17.8 Å². The minimum absolute atomic E-state index is 0.0443. The van der Waals surface area contributed by atoms with Crippen LogP contribution in [0.25, 0.3) is 0 Å². The zero-order valence-electron chi connectivity index (χ0n) is 19.9. The Bertz CT molecular complexity index is 906. The van der Waals surface area contributed by atoms with E-state index in [0.717, 1.165) is 6.42 Å². The fraction of sp³-hybridized carbons (Fsp3) is 0.379. The molecule has 0 radical (unpaired) electrons. The van der Waals surface area contributed by atoms with E-state index in [-0.39, 0.29) is 5.41 Å². The summed E-state index contributed by atoms with van der Waals surface area (Å²) in [6, 6.07) is 0. The van der Waals surface area contributed by atoms with Crippen LogP contribution in [-0.2, 0) is 0 Å². The van der Waals surface area contributed by atoms with Crippen molar-refractivity contribution in [3.05, 3.63) is 106 Å². The van der Waals surface area contributed by atoms with Gasteiger partial charge in [-0.05, 0) is 72.8 Å². The Labute approximate surface area is 189 Å². The molecule has 0 saturated carbocycles. The predicted octanol–water partition coefficient (Wildman–Crippen LogP) is 9.27. The Kier molecular flexibility index (Phi) is 8.38. The Morgan fingerprint density at radius 3 is 2.17 bits per heavy atom. The number of thioether (sulfide) groups is 1. The molecule has 160 valence electrons. The van der Waals surface area contributed by atoms with Crippen LogP contribution in [0.2, 0.25) is 0 Å². The summed E-state index contributed by atoms with van der Waals surface area (Å²) >= 11 is 1.90. The normalized spacial score (nSPS) is 26.9. The molecular formula is C29H38S. The quantitative estimate of drug-likeness (QED) is 0.397. The second-order valence-electron chi connectivity index (χ2n) is 8.28. The summed E-state index contributed by atoms with van der Waals surface area (Å²) in [6.45, 7) is 23.8. The maximum absolute atomic E-state index is 4.20. The fourth-order valence-electron chi connectivity index (χ4n) is 5.02. The maximum atomic E-state index is 4.20. The zero-order valence-corrected chi connectivity index (χ0v) is 20.7. The minimum Gasteiger partial charge on any atom is -0.0991 e. The largest absolute Gasteiger partial charge is 0.0991 e. The molecule has 1 heterocycles. The van der Waals surface area contributed by atoms with Crippen LogP contribution in [0.4, 0.5) is 0 Å². The van der Waals surface area contributed by atoms with Gasteiger partial charge in [0, 0.05) is 16.2 Å². The van der Waals surface area contributed by atoms with Gasteiger partial charge in [-0.25, -0.2) is 0 Å². The highest BCUT2D eigenvalue weighted by Crippen LogP contribution is 2.58. The first-order valence-corrected chi connectivity index (χ1v) is 11.9. The Morgan fingerprint density at radius 2 is 1.70 bits per heavy atom. The highest BCUT2D eigenvalue weighted by Gasteiger charge is 2.44. The van der Waals surface area contributed by atoms with Gasteiger partial charge in [0.25, 0.3) is 0 Å². The van der Waals surface area contributed by atoms with Gasteiger partial charge in [-0.2, -0.15) is 0 Å². The van der Waals surface area contributed by atoms with Crippen LogP contribution < -0.4 is 0 Å². The van der Waals surface area contributed by atoms with E-state index in [0.29, 0.717) is 11.8 Å². The van der Waals surface area contributed by atoms with Gasteiger partial charge in [-0.3, -0.25) is 0 Å². The van der Waals surface area contributed by atoms with Gasteiger partial charge < -0.3 is 0 Å². The monoisotopic (exact) mass is 418 g/mol. The number of hydrogen-bond donors (Lipinski definition) is 0. The van der Waals surface area contributed by atoms with Crippen molar-refractivity contribution in [1.82, 2.24) is 0 Å². The van der Waals surface area contributed by atoms with Crippen LogP contribution in [0, 0.1) is 17.3 Å². The van der Waals surface area contributed by atoms with Crippen LogP contribution in [0.15, 0.2) is 106 Å². The second-order valence-corrected chi connectivity index (χ2v) is 9.40. The molecule has 30 heavy (non-hydrogen) atoms. The van der Waals surface area contributed by atoms with Crippen molar-refractivity contribution >= 4 is 11.8 Å². The molecule has 0 spiro atoms. The van der Waals surface area contributed by atoms with Crippen molar-refractivity contribution < 1.29 is 0 Å². The summed E-state index contributed by atoms with van der Waals surface area (Å²) in [5, 5.41) is 0. The molecule has 0 aromatic rings. The first-order valence-electron chi connectivity index (χ1n) is 11.1. The third-order valence-corrected chi connectivity index (χ3v) is 7.63. The molecule has 0 amide bonds. The minimum atomic E-state index is -0.0443. The Balaban J connectivity index is 2.84. The second kappa shape index (κ2) is 10.4. The highest BCUT2D eigenvalue weighted by atomic mass is 32.2. The van der Waals surface area contributed by atoms with Gasteiger partial charge in [0.15, 0.2) is 0 Å². The standard InChI is InChI=1S/C29H38S/c1-10-17-23-20(13-4)27(24(18-11-2)29(23,8)9)22(15-6)28-21(14-5)26(19-12-3)30-25(28)16-7/h10-14,16-19,22,28H,1,5,15H2,2-4,6-9H3/b18-11-,19-12-,20-13+,23-17+,25-16+. The van der Waals surface area contributed by atoms with Crippen molar-refractivity contribution in [1.29, 1.82) is 0 Å². The summed E-state index contributed by atoms with van der Waals surface area (Å²) in [5.74, 6) is 0.740. The van der Waals surface area contributed by atoms with Crippen molar-refractivity contribution in [2.75, 3.05) is 0 Å². The third-order valence-electron chi connectivity index (χ3n) is 6.31. The van der Waals surface area contributed by atoms with E-state index < -0.39 is 0 Å². The molecule has 1 heteroatoms. The summed E-state index contributed by atoms with van der Waals surface area (Å²) in [4.78, 5) is 2.77. The molecule has 1 aliphatic carbocycles. The zero-order chi connectivity index (χ0) is 22.5. The summed E-state index contributed by atoms with van der Waals surface area (Å²) in [5.41, 5.74) is 6.98. The molecule has 0 fully saturated rings. The molecule has 2 aliphatic rings. The topological polar surface area (TPSA) is 0 Å². The number of rotatable bonds is 7. The van der Waals surface area contributed by atoms with Gasteiger partial charge in [0.05, 0.1) is 0 Å².